The van der Waals surface area contributed by atoms with Gasteiger partial charge in [0.2, 0.25) is 0 Å². The average molecular weight is 413 g/mol. The fourth-order valence-corrected chi connectivity index (χ4v) is 2.75. The van der Waals surface area contributed by atoms with E-state index in [1.54, 1.807) is 0 Å². The number of rotatable bonds is 4. The van der Waals surface area contributed by atoms with Crippen LogP contribution in [0.15, 0.2) is 12.7 Å². The summed E-state index contributed by atoms with van der Waals surface area (Å²) >= 11 is 0. The van der Waals surface area contributed by atoms with Crippen molar-refractivity contribution in [3.05, 3.63) is 12.7 Å². The molecule has 0 radical (unpaired) electrons. The van der Waals surface area contributed by atoms with E-state index in [0.29, 0.717) is 11.2 Å². The molecule has 14 nitrogen and oxygen atoms in total. The van der Waals surface area contributed by atoms with E-state index in [0.717, 1.165) is 0 Å². The van der Waals surface area contributed by atoms with Gasteiger partial charge in [0.25, 0.3) is 0 Å². The monoisotopic (exact) mass is 413 g/mol. The molecule has 0 unspecified atom stereocenters. The summed E-state index contributed by atoms with van der Waals surface area (Å²) < 4.78 is 10.5. The molecule has 0 saturated carbocycles. The molecule has 16 heteroatoms. The molecule has 9 N–H and O–H groups in total. The van der Waals surface area contributed by atoms with Crippen molar-refractivity contribution in [2.75, 3.05) is 12.3 Å². The smallest absolute Gasteiger partial charge is 0.334 e. The van der Waals surface area contributed by atoms with Crippen LogP contribution in [0.5, 0.6) is 0 Å². The molecule has 0 amide bonds. The number of fused-ring (bicyclic) bond motifs is 1. The number of aliphatic hydroxyl groups excluding tert-OH is 3. The Bertz CT molecular complexity index is 713. The molecule has 3 rings (SSSR count). The zero-order valence-corrected chi connectivity index (χ0v) is 14.7. The van der Waals surface area contributed by atoms with Crippen LogP contribution in [-0.4, -0.2) is 79.3 Å². The van der Waals surface area contributed by atoms with Crippen LogP contribution >= 0.6 is 17.2 Å². The van der Waals surface area contributed by atoms with Gasteiger partial charge in [0, 0.05) is 0 Å². The SMILES string of the molecule is Nc1ncnc2c1ncn2[C@@H]1O[C@H](CO)[C@@H](O)[C@H]1O.OP(O)OP(O)O. The number of hydrogen-bond acceptors (Lipinski definition) is 13. The highest BCUT2D eigenvalue weighted by Gasteiger charge is 2.43. The second-order valence-electron chi connectivity index (χ2n) is 4.90. The summed E-state index contributed by atoms with van der Waals surface area (Å²) in [5, 5.41) is 28.7. The lowest BCUT2D eigenvalue weighted by Gasteiger charge is -2.16. The second-order valence-corrected chi connectivity index (χ2v) is 6.56. The summed E-state index contributed by atoms with van der Waals surface area (Å²) in [5.74, 6) is 0.218. The Labute approximate surface area is 148 Å². The fourth-order valence-electron chi connectivity index (χ4n) is 2.23. The van der Waals surface area contributed by atoms with Crippen LogP contribution < -0.4 is 5.73 Å². The van der Waals surface area contributed by atoms with Crippen molar-refractivity contribution in [3.63, 3.8) is 0 Å². The molecule has 26 heavy (non-hydrogen) atoms. The molecule has 0 bridgehead atoms. The molecular formula is C10H17N5O9P2. The van der Waals surface area contributed by atoms with Crippen molar-refractivity contribution >= 4 is 34.2 Å². The van der Waals surface area contributed by atoms with E-state index in [4.69, 9.17) is 35.2 Å². The molecule has 0 aliphatic carbocycles. The van der Waals surface area contributed by atoms with Crippen LogP contribution in [0.4, 0.5) is 5.82 Å². The summed E-state index contributed by atoms with van der Waals surface area (Å²) in [5.41, 5.74) is 6.44. The van der Waals surface area contributed by atoms with E-state index in [9.17, 15) is 10.2 Å². The van der Waals surface area contributed by atoms with E-state index in [2.05, 4.69) is 19.3 Å². The Balaban J connectivity index is 0.000000298. The Morgan fingerprint density at radius 1 is 1.12 bits per heavy atom. The zero-order chi connectivity index (χ0) is 19.4. The number of aliphatic hydroxyl groups is 3. The highest BCUT2D eigenvalue weighted by Crippen LogP contribution is 2.41. The van der Waals surface area contributed by atoms with Gasteiger partial charge in [-0.05, 0) is 0 Å². The van der Waals surface area contributed by atoms with E-state index >= 15 is 0 Å². The zero-order valence-electron chi connectivity index (χ0n) is 12.9. The predicted molar refractivity (Wildman–Crippen MR) is 86.5 cm³/mol. The van der Waals surface area contributed by atoms with Crippen LogP contribution in [0, 0.1) is 0 Å². The van der Waals surface area contributed by atoms with Crippen molar-refractivity contribution < 1.29 is 43.9 Å². The molecule has 1 aliphatic rings. The average Bonchev–Trinajstić information content (AvgIpc) is 3.10. The summed E-state index contributed by atoms with van der Waals surface area (Å²) in [4.78, 5) is 43.2. The standard InChI is InChI=1S/C10H13N5O4.H4O5P2/c11-8-5-9(13-2-12-8)15(3-14-5)10-7(18)6(17)4(1-16)19-10;1-6(2)5-7(3)4/h2-4,6-7,10,16-18H,1H2,(H2,11,12,13);1-4H/t4-,6-,7-,10-;/m1./s1. The minimum atomic E-state index is -2.61. The van der Waals surface area contributed by atoms with Gasteiger partial charge in [-0.2, -0.15) is 0 Å². The lowest BCUT2D eigenvalue weighted by Crippen LogP contribution is -2.33. The topological polar surface area (TPSA) is 230 Å². The largest absolute Gasteiger partial charge is 0.394 e. The van der Waals surface area contributed by atoms with E-state index in [1.165, 1.54) is 17.2 Å². The Morgan fingerprint density at radius 2 is 1.77 bits per heavy atom. The first-order valence-corrected chi connectivity index (χ1v) is 9.18. The molecular weight excluding hydrogens is 396 g/mol. The van der Waals surface area contributed by atoms with Crippen LogP contribution in [-0.2, 0) is 9.05 Å². The van der Waals surface area contributed by atoms with E-state index < -0.39 is 48.4 Å². The van der Waals surface area contributed by atoms with Gasteiger partial charge in [-0.1, -0.05) is 0 Å². The molecule has 0 aromatic carbocycles. The van der Waals surface area contributed by atoms with Gasteiger partial charge < -0.3 is 45.4 Å². The maximum atomic E-state index is 9.95. The second kappa shape index (κ2) is 9.17. The third-order valence-corrected chi connectivity index (χ3v) is 4.49. The van der Waals surface area contributed by atoms with Crippen molar-refractivity contribution in [3.8, 4) is 0 Å². The molecule has 1 aliphatic heterocycles. The maximum Gasteiger partial charge on any atom is 0.334 e. The summed E-state index contributed by atoms with van der Waals surface area (Å²) in [6, 6.07) is 0. The van der Waals surface area contributed by atoms with Crippen molar-refractivity contribution in [2.24, 2.45) is 0 Å². The van der Waals surface area contributed by atoms with Gasteiger partial charge in [-0.15, -0.1) is 0 Å². The number of aromatic nitrogens is 4. The summed E-state index contributed by atoms with van der Waals surface area (Å²) in [6.07, 6.45) is -1.42. The van der Waals surface area contributed by atoms with Gasteiger partial charge >= 0.3 is 17.2 Å². The van der Waals surface area contributed by atoms with Crippen molar-refractivity contribution in [1.82, 2.24) is 19.5 Å². The minimum Gasteiger partial charge on any atom is -0.394 e. The molecule has 146 valence electrons. The number of anilines is 1. The number of nitrogens with zero attached hydrogens (tertiary/aromatic N) is 4. The predicted octanol–water partition coefficient (Wildman–Crippen LogP) is -2.55. The molecule has 2 aromatic rings. The van der Waals surface area contributed by atoms with Gasteiger partial charge in [-0.25, -0.2) is 19.3 Å². The first-order valence-electron chi connectivity index (χ1n) is 6.85. The number of nitrogens with two attached hydrogens (primary N) is 1. The quantitative estimate of drug-likeness (QED) is 0.242. The normalized spacial score (nSPS) is 25.7. The van der Waals surface area contributed by atoms with Crippen LogP contribution in [0.1, 0.15) is 6.23 Å². The fraction of sp³-hybridized carbons (Fsp3) is 0.500. The molecule has 4 atom stereocenters. The molecule has 0 spiro atoms. The Kier molecular flexibility index (Phi) is 7.46. The lowest BCUT2D eigenvalue weighted by molar-refractivity contribution is -0.0511. The van der Waals surface area contributed by atoms with Gasteiger partial charge in [0.15, 0.2) is 17.7 Å². The first-order chi connectivity index (χ1) is 12.3. The Hall–Kier alpha value is -1.15. The highest BCUT2D eigenvalue weighted by molar-refractivity contribution is 7.53. The molecule has 3 heterocycles. The molecule has 2 aromatic heterocycles. The first kappa shape index (κ1) is 21.2. The number of nitrogen functional groups attached to an aromatic ring is 1. The third-order valence-electron chi connectivity index (χ3n) is 3.32. The lowest BCUT2D eigenvalue weighted by atomic mass is 10.1. The van der Waals surface area contributed by atoms with Crippen LogP contribution in [0.3, 0.4) is 0 Å². The van der Waals surface area contributed by atoms with E-state index in [-0.39, 0.29) is 5.82 Å². The number of hydrogen-bond donors (Lipinski definition) is 8. The minimum absolute atomic E-state index is 0.218. The summed E-state index contributed by atoms with van der Waals surface area (Å²) in [7, 11) is -5.22. The van der Waals surface area contributed by atoms with Gasteiger partial charge in [-0.3, -0.25) is 4.57 Å². The number of imidazole rings is 1. The third kappa shape index (κ3) is 4.76. The maximum absolute atomic E-state index is 9.95. The Morgan fingerprint density at radius 3 is 2.27 bits per heavy atom. The number of ether oxygens (including phenoxy) is 1. The van der Waals surface area contributed by atoms with E-state index in [1.807, 2.05) is 0 Å². The molecule has 1 fully saturated rings. The van der Waals surface area contributed by atoms with Crippen LogP contribution in [0.2, 0.25) is 0 Å². The van der Waals surface area contributed by atoms with Gasteiger partial charge in [0.05, 0.1) is 12.9 Å². The highest BCUT2D eigenvalue weighted by atomic mass is 31.2. The van der Waals surface area contributed by atoms with Crippen molar-refractivity contribution in [1.29, 1.82) is 0 Å². The molecule has 1 saturated heterocycles. The summed E-state index contributed by atoms with van der Waals surface area (Å²) in [6.45, 7) is -0.390. The van der Waals surface area contributed by atoms with Crippen LogP contribution in [0.25, 0.3) is 11.2 Å². The van der Waals surface area contributed by atoms with Gasteiger partial charge in [0.1, 0.15) is 30.2 Å². The van der Waals surface area contributed by atoms with Crippen molar-refractivity contribution in [2.45, 2.75) is 24.5 Å².